The first-order valence-electron chi connectivity index (χ1n) is 8.33. The van der Waals surface area contributed by atoms with Gasteiger partial charge in [-0.05, 0) is 31.8 Å². The van der Waals surface area contributed by atoms with Crippen molar-refractivity contribution in [3.8, 4) is 5.75 Å². The van der Waals surface area contributed by atoms with E-state index < -0.39 is 17.0 Å². The summed E-state index contributed by atoms with van der Waals surface area (Å²) in [5.41, 5.74) is 2.10. The van der Waals surface area contributed by atoms with Crippen LogP contribution in [-0.4, -0.2) is 53.2 Å². The summed E-state index contributed by atoms with van der Waals surface area (Å²) in [4.78, 5) is 20.5. The fraction of sp³-hybridized carbons (Fsp3) is 0.263. The molecule has 3 rings (SSSR count). The summed E-state index contributed by atoms with van der Waals surface area (Å²) in [7, 11) is 3.83. The number of fused-ring (bicyclic) bond motifs is 1. The Balaban J connectivity index is 1.83. The van der Waals surface area contributed by atoms with E-state index in [-0.39, 0.29) is 11.3 Å². The lowest BCUT2D eigenvalue weighted by molar-refractivity contribution is 0.0697. The molecule has 0 spiro atoms. The second-order valence-corrected chi connectivity index (χ2v) is 6.92. The molecule has 2 N–H and O–H groups in total. The number of thiol groups is 1. The maximum absolute atomic E-state index is 14.2. The minimum atomic E-state index is -0.988. The molecule has 0 aliphatic heterocycles. The third-order valence-corrected chi connectivity index (χ3v) is 4.63. The van der Waals surface area contributed by atoms with E-state index in [2.05, 4.69) is 22.6 Å². The van der Waals surface area contributed by atoms with Crippen LogP contribution in [-0.2, 0) is 0 Å². The van der Waals surface area contributed by atoms with E-state index in [1.807, 2.05) is 19.0 Å². The molecular weight excluding hydrogens is 369 g/mol. The topological polar surface area (TPSA) is 78.5 Å². The minimum absolute atomic E-state index is 0.168. The number of aromatic nitrogens is 2. The summed E-state index contributed by atoms with van der Waals surface area (Å²) >= 11 is 4.56. The van der Waals surface area contributed by atoms with Crippen LogP contribution in [0.5, 0.6) is 5.75 Å². The van der Waals surface area contributed by atoms with Crippen molar-refractivity contribution in [2.75, 3.05) is 27.2 Å². The largest absolute Gasteiger partial charge is 0.489 e. The van der Waals surface area contributed by atoms with Gasteiger partial charge in [0.25, 0.3) is 0 Å². The summed E-state index contributed by atoms with van der Waals surface area (Å²) in [6, 6.07) is 9.31. The average molecular weight is 389 g/mol. The normalized spacial score (nSPS) is 12.5. The molecule has 2 aromatic carbocycles. The second kappa shape index (κ2) is 7.98. The lowest BCUT2D eigenvalue weighted by atomic mass is 10.1. The van der Waals surface area contributed by atoms with E-state index in [0.717, 1.165) is 5.56 Å². The van der Waals surface area contributed by atoms with Gasteiger partial charge in [0.1, 0.15) is 12.4 Å². The van der Waals surface area contributed by atoms with Crippen molar-refractivity contribution in [1.82, 2.24) is 14.9 Å². The van der Waals surface area contributed by atoms with E-state index in [1.54, 1.807) is 18.2 Å². The van der Waals surface area contributed by atoms with Crippen molar-refractivity contribution >= 4 is 29.6 Å². The number of halogens is 1. The number of H-pyrrole nitrogens is 1. The number of carbonyl (C=O) groups is 1. The third kappa shape index (κ3) is 4.40. The van der Waals surface area contributed by atoms with Crippen molar-refractivity contribution in [3.63, 3.8) is 0 Å². The Morgan fingerprint density at radius 2 is 2.04 bits per heavy atom. The summed E-state index contributed by atoms with van der Waals surface area (Å²) in [6.45, 7) is 1.05. The van der Waals surface area contributed by atoms with E-state index in [9.17, 15) is 9.18 Å². The number of carboxylic acid groups (broad SMARTS) is 1. The summed E-state index contributed by atoms with van der Waals surface area (Å²) in [5.74, 6) is -0.749. The average Bonchev–Trinajstić information content (AvgIpc) is 3.03. The number of benzene rings is 2. The van der Waals surface area contributed by atoms with E-state index >= 15 is 0 Å². The van der Waals surface area contributed by atoms with Gasteiger partial charge in [-0.15, -0.1) is 0 Å². The number of hydrogen-bond acceptors (Lipinski definition) is 5. The minimum Gasteiger partial charge on any atom is -0.489 e. The lowest BCUT2D eigenvalue weighted by Crippen LogP contribution is -2.19. The fourth-order valence-electron chi connectivity index (χ4n) is 2.58. The Kier molecular flexibility index (Phi) is 5.67. The predicted octanol–water partition coefficient (Wildman–Crippen LogP) is 3.36. The molecule has 0 aliphatic carbocycles. The number of rotatable bonds is 7. The quantitative estimate of drug-likeness (QED) is 0.540. The Labute approximate surface area is 161 Å². The fourth-order valence-corrected chi connectivity index (χ4v) is 2.87. The van der Waals surface area contributed by atoms with Gasteiger partial charge in [0.2, 0.25) is 0 Å². The Hall–Kier alpha value is -2.58. The Bertz CT molecular complexity index is 957. The Morgan fingerprint density at radius 3 is 2.67 bits per heavy atom. The maximum Gasteiger partial charge on any atom is 0.335 e. The molecule has 6 nitrogen and oxygen atoms in total. The van der Waals surface area contributed by atoms with Crippen molar-refractivity contribution < 1.29 is 19.0 Å². The molecule has 0 saturated heterocycles. The number of nitrogens with one attached hydrogen (secondary N) is 1. The SMILES string of the molecule is CN(C)CCOc1cc2[nH]c(C(S)c3ccc(C(=O)O)cc3)nc2cc1F. The van der Waals surface area contributed by atoms with Gasteiger partial charge in [-0.3, -0.25) is 0 Å². The molecule has 1 aromatic heterocycles. The number of carboxylic acids is 1. The van der Waals surface area contributed by atoms with Crippen LogP contribution < -0.4 is 4.74 Å². The highest BCUT2D eigenvalue weighted by molar-refractivity contribution is 7.80. The molecule has 8 heteroatoms. The number of hydrogen-bond donors (Lipinski definition) is 3. The van der Waals surface area contributed by atoms with Crippen LogP contribution in [0.2, 0.25) is 0 Å². The van der Waals surface area contributed by atoms with Crippen molar-refractivity contribution in [2.24, 2.45) is 0 Å². The molecule has 0 saturated carbocycles. The van der Waals surface area contributed by atoms with Crippen molar-refractivity contribution in [3.05, 3.63) is 59.2 Å². The summed E-state index contributed by atoms with van der Waals surface area (Å²) in [6.07, 6.45) is 0. The summed E-state index contributed by atoms with van der Waals surface area (Å²) in [5, 5.41) is 8.58. The van der Waals surface area contributed by atoms with Gasteiger partial charge in [0.15, 0.2) is 11.6 Å². The number of likely N-dealkylation sites (N-methyl/N-ethyl adjacent to an activating group) is 1. The molecule has 3 aromatic rings. The van der Waals surface area contributed by atoms with Crippen LogP contribution in [0.15, 0.2) is 36.4 Å². The van der Waals surface area contributed by atoms with Crippen LogP contribution in [0.25, 0.3) is 11.0 Å². The van der Waals surface area contributed by atoms with Crippen molar-refractivity contribution in [2.45, 2.75) is 5.25 Å². The van der Waals surface area contributed by atoms with Gasteiger partial charge in [0, 0.05) is 18.7 Å². The monoisotopic (exact) mass is 389 g/mol. The molecule has 0 amide bonds. The molecule has 0 radical (unpaired) electrons. The standard InChI is InChI=1S/C19H20FN3O3S/c1-23(2)7-8-26-16-10-15-14(9-13(16)20)21-18(22-15)17(27)11-3-5-12(6-4-11)19(24)25/h3-6,9-10,17,27H,7-8H2,1-2H3,(H,21,22)(H,24,25). The number of nitrogens with zero attached hydrogens (tertiary/aromatic N) is 2. The first-order valence-corrected chi connectivity index (χ1v) is 8.85. The molecule has 142 valence electrons. The van der Waals surface area contributed by atoms with Crippen molar-refractivity contribution in [1.29, 1.82) is 0 Å². The van der Waals surface area contributed by atoms with Gasteiger partial charge >= 0.3 is 5.97 Å². The van der Waals surface area contributed by atoms with E-state index in [1.165, 1.54) is 18.2 Å². The highest BCUT2D eigenvalue weighted by Crippen LogP contribution is 2.30. The zero-order valence-electron chi connectivity index (χ0n) is 14.9. The van der Waals surface area contributed by atoms with Gasteiger partial charge in [-0.25, -0.2) is 14.2 Å². The van der Waals surface area contributed by atoms with E-state index in [0.29, 0.717) is 30.0 Å². The molecule has 27 heavy (non-hydrogen) atoms. The highest BCUT2D eigenvalue weighted by atomic mass is 32.1. The molecule has 0 fully saturated rings. The number of aromatic carboxylic acids is 1. The van der Waals surface area contributed by atoms with Crippen LogP contribution in [0.4, 0.5) is 4.39 Å². The molecular formula is C19H20FN3O3S. The number of ether oxygens (including phenoxy) is 1. The smallest absolute Gasteiger partial charge is 0.335 e. The first-order chi connectivity index (χ1) is 12.8. The van der Waals surface area contributed by atoms with Gasteiger partial charge in [0.05, 0.1) is 21.8 Å². The van der Waals surface area contributed by atoms with Crippen LogP contribution in [0, 0.1) is 5.82 Å². The summed E-state index contributed by atoms with van der Waals surface area (Å²) < 4.78 is 19.7. The van der Waals surface area contributed by atoms with Crippen LogP contribution in [0.1, 0.15) is 27.0 Å². The first kappa shape index (κ1) is 19.2. The zero-order valence-corrected chi connectivity index (χ0v) is 15.8. The number of imidazole rings is 1. The van der Waals surface area contributed by atoms with Gasteiger partial charge in [-0.2, -0.15) is 12.6 Å². The lowest BCUT2D eigenvalue weighted by Gasteiger charge is -2.11. The molecule has 1 heterocycles. The van der Waals surface area contributed by atoms with E-state index in [4.69, 9.17) is 9.84 Å². The Morgan fingerprint density at radius 1 is 1.33 bits per heavy atom. The predicted molar refractivity (Wildman–Crippen MR) is 104 cm³/mol. The van der Waals surface area contributed by atoms with Gasteiger partial charge < -0.3 is 19.7 Å². The van der Waals surface area contributed by atoms with Gasteiger partial charge in [-0.1, -0.05) is 12.1 Å². The molecule has 0 bridgehead atoms. The zero-order chi connectivity index (χ0) is 19.6. The highest BCUT2D eigenvalue weighted by Gasteiger charge is 2.17. The second-order valence-electron chi connectivity index (χ2n) is 6.40. The maximum atomic E-state index is 14.2. The third-order valence-electron chi connectivity index (χ3n) is 4.08. The molecule has 1 unspecified atom stereocenters. The molecule has 0 aliphatic rings. The van der Waals surface area contributed by atoms with Crippen LogP contribution >= 0.6 is 12.6 Å². The molecule has 1 atom stereocenters. The number of aromatic amines is 1. The van der Waals surface area contributed by atoms with Crippen LogP contribution in [0.3, 0.4) is 0 Å².